The molecule has 2 unspecified atom stereocenters. The summed E-state index contributed by atoms with van der Waals surface area (Å²) in [7, 11) is 0. The second kappa shape index (κ2) is 3.59. The van der Waals surface area contributed by atoms with Gasteiger partial charge in [-0.05, 0) is 41.8 Å². The fourth-order valence-electron chi connectivity index (χ4n) is 2.90. The van der Waals surface area contributed by atoms with Crippen molar-refractivity contribution in [2.24, 2.45) is 11.3 Å². The third kappa shape index (κ3) is 1.78. The maximum Gasteiger partial charge on any atom is 0.00235 e. The lowest BCUT2D eigenvalue weighted by molar-refractivity contribution is 0.483. The Hall–Kier alpha value is -0.820. The molecule has 1 aromatic rings. The lowest BCUT2D eigenvalue weighted by Crippen LogP contribution is -2.30. The van der Waals surface area contributed by atoms with Crippen LogP contribution in [0.25, 0.3) is 0 Å². The molecule has 1 fully saturated rings. The minimum absolute atomic E-state index is 0.616. The van der Waals surface area contributed by atoms with E-state index >= 15 is 0 Å². The van der Waals surface area contributed by atoms with Crippen LogP contribution < -0.4 is 5.32 Å². The predicted molar refractivity (Wildman–Crippen MR) is 67.6 cm³/mol. The molecule has 1 heteroatoms. The Morgan fingerprint density at radius 2 is 2.00 bits per heavy atom. The molecular formula is C15H21N. The summed E-state index contributed by atoms with van der Waals surface area (Å²) in [4.78, 5) is 0. The largest absolute Gasteiger partial charge is 0.316 e. The standard InChI is InChI=1S/C15H21N/c1-15(2)8-13(15)10-16-9-12-7-11-5-3-4-6-14(11)12/h3-6,12-13,16H,7-10H2,1-2H3. The van der Waals surface area contributed by atoms with E-state index in [0.717, 1.165) is 11.8 Å². The summed E-state index contributed by atoms with van der Waals surface area (Å²) in [6.07, 6.45) is 2.68. The molecule has 2 aliphatic carbocycles. The number of hydrogen-bond acceptors (Lipinski definition) is 1. The van der Waals surface area contributed by atoms with Crippen LogP contribution in [0.4, 0.5) is 0 Å². The van der Waals surface area contributed by atoms with Gasteiger partial charge in [-0.3, -0.25) is 0 Å². The fourth-order valence-corrected chi connectivity index (χ4v) is 2.90. The van der Waals surface area contributed by atoms with Crippen LogP contribution in [0.15, 0.2) is 24.3 Å². The lowest BCUT2D eigenvalue weighted by atomic mass is 9.77. The molecule has 0 amide bonds. The second-order valence-corrected chi connectivity index (χ2v) is 6.15. The highest BCUT2D eigenvalue weighted by atomic mass is 14.9. The van der Waals surface area contributed by atoms with Crippen molar-refractivity contribution in [3.63, 3.8) is 0 Å². The second-order valence-electron chi connectivity index (χ2n) is 6.15. The molecule has 86 valence electrons. The summed E-state index contributed by atoms with van der Waals surface area (Å²) in [6, 6.07) is 8.85. The first kappa shape index (κ1) is 10.3. The quantitative estimate of drug-likeness (QED) is 0.814. The van der Waals surface area contributed by atoms with Crippen molar-refractivity contribution in [3.05, 3.63) is 35.4 Å². The summed E-state index contributed by atoms with van der Waals surface area (Å²) < 4.78 is 0. The van der Waals surface area contributed by atoms with Crippen molar-refractivity contribution in [2.45, 2.75) is 32.6 Å². The molecule has 0 bridgehead atoms. The van der Waals surface area contributed by atoms with Gasteiger partial charge in [0.2, 0.25) is 0 Å². The van der Waals surface area contributed by atoms with Gasteiger partial charge in [-0.1, -0.05) is 38.1 Å². The molecule has 0 aliphatic heterocycles. The molecule has 16 heavy (non-hydrogen) atoms. The molecule has 0 aromatic heterocycles. The van der Waals surface area contributed by atoms with E-state index in [2.05, 4.69) is 43.4 Å². The zero-order chi connectivity index (χ0) is 11.2. The number of nitrogens with one attached hydrogen (secondary N) is 1. The van der Waals surface area contributed by atoms with Crippen molar-refractivity contribution in [1.82, 2.24) is 5.32 Å². The van der Waals surface area contributed by atoms with Gasteiger partial charge in [-0.25, -0.2) is 0 Å². The molecule has 1 aromatic carbocycles. The SMILES string of the molecule is CC1(C)CC1CNCC1Cc2ccccc21. The number of fused-ring (bicyclic) bond motifs is 1. The van der Waals surface area contributed by atoms with Gasteiger partial charge in [-0.2, -0.15) is 0 Å². The van der Waals surface area contributed by atoms with E-state index in [1.807, 2.05) is 0 Å². The van der Waals surface area contributed by atoms with E-state index in [-0.39, 0.29) is 0 Å². The molecule has 1 nitrogen and oxygen atoms in total. The zero-order valence-electron chi connectivity index (χ0n) is 10.3. The average molecular weight is 215 g/mol. The first-order chi connectivity index (χ1) is 7.67. The van der Waals surface area contributed by atoms with Gasteiger partial charge in [0.1, 0.15) is 0 Å². The van der Waals surface area contributed by atoms with Gasteiger partial charge in [-0.15, -0.1) is 0 Å². The summed E-state index contributed by atoms with van der Waals surface area (Å²) >= 11 is 0. The van der Waals surface area contributed by atoms with Crippen molar-refractivity contribution in [2.75, 3.05) is 13.1 Å². The van der Waals surface area contributed by atoms with Crippen LogP contribution in [0.3, 0.4) is 0 Å². The van der Waals surface area contributed by atoms with Crippen LogP contribution in [0.1, 0.15) is 37.3 Å². The first-order valence-electron chi connectivity index (χ1n) is 6.45. The maximum absolute atomic E-state index is 3.65. The average Bonchev–Trinajstić information content (AvgIpc) is 2.82. The van der Waals surface area contributed by atoms with Crippen LogP contribution in [0, 0.1) is 11.3 Å². The van der Waals surface area contributed by atoms with Crippen LogP contribution in [0.2, 0.25) is 0 Å². The predicted octanol–water partition coefficient (Wildman–Crippen LogP) is 2.96. The van der Waals surface area contributed by atoms with Gasteiger partial charge in [0, 0.05) is 12.5 Å². The van der Waals surface area contributed by atoms with Gasteiger partial charge in [0.05, 0.1) is 0 Å². The van der Waals surface area contributed by atoms with Gasteiger partial charge in [0.15, 0.2) is 0 Å². The van der Waals surface area contributed by atoms with Crippen molar-refractivity contribution in [3.8, 4) is 0 Å². The van der Waals surface area contributed by atoms with E-state index in [1.165, 1.54) is 25.9 Å². The Bertz CT molecular complexity index is 394. The number of benzene rings is 1. The zero-order valence-corrected chi connectivity index (χ0v) is 10.3. The normalized spacial score (nSPS) is 29.4. The topological polar surface area (TPSA) is 12.0 Å². The molecule has 0 radical (unpaired) electrons. The molecule has 1 saturated carbocycles. The Morgan fingerprint density at radius 1 is 1.25 bits per heavy atom. The van der Waals surface area contributed by atoms with Crippen LogP contribution in [0.5, 0.6) is 0 Å². The molecule has 3 rings (SSSR count). The highest BCUT2D eigenvalue weighted by Gasteiger charge is 2.44. The van der Waals surface area contributed by atoms with Crippen molar-refractivity contribution >= 4 is 0 Å². The van der Waals surface area contributed by atoms with Gasteiger partial charge < -0.3 is 5.32 Å². The van der Waals surface area contributed by atoms with E-state index < -0.39 is 0 Å². The van der Waals surface area contributed by atoms with Gasteiger partial charge in [0.25, 0.3) is 0 Å². The maximum atomic E-state index is 3.65. The number of rotatable bonds is 4. The fraction of sp³-hybridized carbons (Fsp3) is 0.600. The molecule has 0 heterocycles. The molecule has 1 N–H and O–H groups in total. The highest BCUT2D eigenvalue weighted by Crippen LogP contribution is 2.51. The molecule has 2 aliphatic rings. The Morgan fingerprint density at radius 3 is 2.69 bits per heavy atom. The third-order valence-electron chi connectivity index (χ3n) is 4.46. The van der Waals surface area contributed by atoms with Crippen LogP contribution in [-0.4, -0.2) is 13.1 Å². The molecule has 0 saturated heterocycles. The van der Waals surface area contributed by atoms with Crippen LogP contribution >= 0.6 is 0 Å². The Labute approximate surface area is 98.3 Å². The third-order valence-corrected chi connectivity index (χ3v) is 4.46. The smallest absolute Gasteiger partial charge is 0.00235 e. The van der Waals surface area contributed by atoms with E-state index in [4.69, 9.17) is 0 Å². The molecular weight excluding hydrogens is 194 g/mol. The summed E-state index contributed by atoms with van der Waals surface area (Å²) in [5.74, 6) is 1.70. The Balaban J connectivity index is 1.45. The highest BCUT2D eigenvalue weighted by molar-refractivity contribution is 5.40. The van der Waals surface area contributed by atoms with Crippen molar-refractivity contribution < 1.29 is 0 Å². The Kier molecular flexibility index (Phi) is 2.32. The minimum Gasteiger partial charge on any atom is -0.316 e. The lowest BCUT2D eigenvalue weighted by Gasteiger charge is -2.30. The summed E-state index contributed by atoms with van der Waals surface area (Å²) in [5, 5.41) is 3.65. The molecule has 2 atom stereocenters. The van der Waals surface area contributed by atoms with E-state index in [0.29, 0.717) is 5.41 Å². The van der Waals surface area contributed by atoms with Crippen molar-refractivity contribution in [1.29, 1.82) is 0 Å². The molecule has 0 spiro atoms. The van der Waals surface area contributed by atoms with E-state index in [9.17, 15) is 0 Å². The summed E-state index contributed by atoms with van der Waals surface area (Å²) in [6.45, 7) is 7.13. The minimum atomic E-state index is 0.616. The van der Waals surface area contributed by atoms with Crippen LogP contribution in [-0.2, 0) is 6.42 Å². The van der Waals surface area contributed by atoms with Gasteiger partial charge >= 0.3 is 0 Å². The van der Waals surface area contributed by atoms with E-state index in [1.54, 1.807) is 11.1 Å². The number of hydrogen-bond donors (Lipinski definition) is 1. The first-order valence-corrected chi connectivity index (χ1v) is 6.45. The summed E-state index contributed by atoms with van der Waals surface area (Å²) in [5.41, 5.74) is 3.75. The monoisotopic (exact) mass is 215 g/mol.